The lowest BCUT2D eigenvalue weighted by atomic mass is 10.0. The number of carbonyl (C=O) groups excluding carboxylic acids is 2. The van der Waals surface area contributed by atoms with E-state index in [0.29, 0.717) is 18.0 Å². The van der Waals surface area contributed by atoms with Crippen LogP contribution in [0.3, 0.4) is 0 Å². The molecule has 0 aromatic heterocycles. The normalized spacial score (nSPS) is 12.1. The summed E-state index contributed by atoms with van der Waals surface area (Å²) in [5.74, 6) is 0.0387. The summed E-state index contributed by atoms with van der Waals surface area (Å²) in [4.78, 5) is 28.2. The molecule has 3 aromatic rings. The van der Waals surface area contributed by atoms with Crippen molar-refractivity contribution in [3.63, 3.8) is 0 Å². The van der Waals surface area contributed by atoms with Crippen molar-refractivity contribution in [2.24, 2.45) is 0 Å². The number of carbonyl (C=O) groups is 2. The molecule has 0 heterocycles. The molecule has 3 rings (SSSR count). The van der Waals surface area contributed by atoms with E-state index in [1.165, 1.54) is 17.0 Å². The summed E-state index contributed by atoms with van der Waals surface area (Å²) >= 11 is 0. The van der Waals surface area contributed by atoms with Crippen molar-refractivity contribution in [2.45, 2.75) is 51.1 Å². The number of methoxy groups -OCH3 is 1. The fraction of sp³-hybridized carbons (Fsp3) is 0.333. The maximum Gasteiger partial charge on any atom is 0.264 e. The highest BCUT2D eigenvalue weighted by atomic mass is 32.2. The number of anilines is 1. The van der Waals surface area contributed by atoms with Crippen LogP contribution in [0.4, 0.5) is 5.69 Å². The second-order valence-electron chi connectivity index (χ2n) is 9.51. The fourth-order valence-corrected chi connectivity index (χ4v) is 5.58. The third kappa shape index (κ3) is 7.38. The molecule has 8 nitrogen and oxygen atoms in total. The van der Waals surface area contributed by atoms with Gasteiger partial charge in [-0.15, -0.1) is 0 Å². The molecule has 0 saturated heterocycles. The van der Waals surface area contributed by atoms with Crippen molar-refractivity contribution in [2.75, 3.05) is 24.5 Å². The minimum atomic E-state index is -4.09. The molecule has 208 valence electrons. The molecular weight excluding hydrogens is 514 g/mol. The first kappa shape index (κ1) is 29.7. The zero-order chi connectivity index (χ0) is 28.6. The van der Waals surface area contributed by atoms with Crippen molar-refractivity contribution in [3.05, 3.63) is 90.0 Å². The summed E-state index contributed by atoms with van der Waals surface area (Å²) in [7, 11) is -2.54. The van der Waals surface area contributed by atoms with Gasteiger partial charge in [0.25, 0.3) is 10.0 Å². The average Bonchev–Trinajstić information content (AvgIpc) is 2.94. The molecule has 0 aliphatic heterocycles. The molecule has 0 fully saturated rings. The zero-order valence-electron chi connectivity index (χ0n) is 23.1. The van der Waals surface area contributed by atoms with Crippen molar-refractivity contribution in [3.8, 4) is 5.75 Å². The molecule has 9 heteroatoms. The number of hydrogen-bond acceptors (Lipinski definition) is 5. The minimum Gasteiger partial charge on any atom is -0.497 e. The Balaban J connectivity index is 2.03. The molecule has 0 aliphatic rings. The Morgan fingerprint density at radius 3 is 2.18 bits per heavy atom. The molecule has 0 spiro atoms. The maximum absolute atomic E-state index is 13.9. The molecule has 1 N–H and O–H groups in total. The van der Waals surface area contributed by atoms with E-state index in [9.17, 15) is 18.0 Å². The van der Waals surface area contributed by atoms with E-state index in [4.69, 9.17) is 4.74 Å². The zero-order valence-corrected chi connectivity index (χ0v) is 23.9. The number of ether oxygens (including phenoxy) is 1. The van der Waals surface area contributed by atoms with Gasteiger partial charge in [-0.3, -0.25) is 13.9 Å². The first-order chi connectivity index (χ1) is 18.6. The van der Waals surface area contributed by atoms with E-state index in [2.05, 4.69) is 19.2 Å². The SMILES string of the molecule is CCNC(=O)C(C)N(Cc1cccc(OC)c1)C(=O)CN(c1ccc(C(C)C)cc1)S(=O)(=O)c1ccccc1. The van der Waals surface area contributed by atoms with Crippen LogP contribution >= 0.6 is 0 Å². The molecule has 0 radical (unpaired) electrons. The van der Waals surface area contributed by atoms with Gasteiger partial charge in [-0.2, -0.15) is 0 Å². The van der Waals surface area contributed by atoms with E-state index < -0.39 is 28.5 Å². The van der Waals surface area contributed by atoms with Crippen LogP contribution in [0, 0.1) is 0 Å². The summed E-state index contributed by atoms with van der Waals surface area (Å²) in [6, 6.07) is 21.5. The summed E-state index contributed by atoms with van der Waals surface area (Å²) in [5, 5.41) is 2.76. The third-order valence-corrected chi connectivity index (χ3v) is 8.25. The lowest BCUT2D eigenvalue weighted by Crippen LogP contribution is -2.51. The largest absolute Gasteiger partial charge is 0.497 e. The van der Waals surface area contributed by atoms with Crippen molar-refractivity contribution >= 4 is 27.5 Å². The van der Waals surface area contributed by atoms with E-state index in [1.807, 2.05) is 18.2 Å². The third-order valence-electron chi connectivity index (χ3n) is 6.46. The minimum absolute atomic E-state index is 0.0712. The van der Waals surface area contributed by atoms with Crippen LogP contribution in [-0.4, -0.2) is 51.4 Å². The molecule has 1 unspecified atom stereocenters. The second kappa shape index (κ2) is 13.3. The topological polar surface area (TPSA) is 96.0 Å². The fourth-order valence-electron chi connectivity index (χ4n) is 4.15. The molecule has 1 atom stereocenters. The van der Waals surface area contributed by atoms with Crippen molar-refractivity contribution in [1.82, 2.24) is 10.2 Å². The molecule has 3 aromatic carbocycles. The highest BCUT2D eigenvalue weighted by molar-refractivity contribution is 7.92. The second-order valence-corrected chi connectivity index (χ2v) is 11.4. The number of amides is 2. The highest BCUT2D eigenvalue weighted by Gasteiger charge is 2.32. The lowest BCUT2D eigenvalue weighted by molar-refractivity contribution is -0.139. The van der Waals surface area contributed by atoms with Gasteiger partial charge in [-0.25, -0.2) is 8.42 Å². The molecule has 2 amide bonds. The number of rotatable bonds is 12. The van der Waals surface area contributed by atoms with Crippen LogP contribution in [-0.2, 0) is 26.2 Å². The highest BCUT2D eigenvalue weighted by Crippen LogP contribution is 2.27. The number of nitrogens with zero attached hydrogens (tertiary/aromatic N) is 2. The summed E-state index contributed by atoms with van der Waals surface area (Å²) in [6.45, 7) is 7.56. The standard InChI is InChI=1S/C30H37N3O5S/c1-6-31-30(35)23(4)32(20-24-11-10-12-27(19-24)38-5)29(34)21-33(26-17-15-25(16-18-26)22(2)3)39(36,37)28-13-8-7-9-14-28/h7-19,22-23H,6,20-21H2,1-5H3,(H,31,35). The van der Waals surface area contributed by atoms with Gasteiger partial charge >= 0.3 is 0 Å². The predicted octanol–water partition coefficient (Wildman–Crippen LogP) is 4.57. The number of sulfonamides is 1. The Bertz CT molecular complexity index is 1360. The first-order valence-corrected chi connectivity index (χ1v) is 14.4. The Morgan fingerprint density at radius 1 is 0.923 bits per heavy atom. The molecule has 0 bridgehead atoms. The van der Waals surface area contributed by atoms with E-state index in [1.54, 1.807) is 69.5 Å². The first-order valence-electron chi connectivity index (χ1n) is 13.0. The molecule has 0 saturated carbocycles. The summed E-state index contributed by atoms with van der Waals surface area (Å²) in [6.07, 6.45) is 0. The molecule has 0 aliphatic carbocycles. The predicted molar refractivity (Wildman–Crippen MR) is 153 cm³/mol. The van der Waals surface area contributed by atoms with Gasteiger partial charge < -0.3 is 15.0 Å². The summed E-state index contributed by atoms with van der Waals surface area (Å²) < 4.78 is 34.1. The van der Waals surface area contributed by atoms with Crippen LogP contribution in [0.15, 0.2) is 83.8 Å². The van der Waals surface area contributed by atoms with Crippen LogP contribution in [0.25, 0.3) is 0 Å². The van der Waals surface area contributed by atoms with Crippen LogP contribution in [0.5, 0.6) is 5.75 Å². The Morgan fingerprint density at radius 2 is 1.59 bits per heavy atom. The van der Waals surface area contributed by atoms with Gasteiger partial charge in [0.2, 0.25) is 11.8 Å². The number of benzene rings is 3. The maximum atomic E-state index is 13.9. The summed E-state index contributed by atoms with van der Waals surface area (Å²) in [5.41, 5.74) is 2.16. The Labute approximate surface area is 231 Å². The molecular formula is C30H37N3O5S. The van der Waals surface area contributed by atoms with Crippen molar-refractivity contribution < 1.29 is 22.7 Å². The van der Waals surface area contributed by atoms with Gasteiger partial charge in [0.05, 0.1) is 17.7 Å². The smallest absolute Gasteiger partial charge is 0.264 e. The van der Waals surface area contributed by atoms with Gasteiger partial charge in [-0.1, -0.05) is 56.3 Å². The van der Waals surface area contributed by atoms with E-state index >= 15 is 0 Å². The van der Waals surface area contributed by atoms with Crippen LogP contribution < -0.4 is 14.4 Å². The van der Waals surface area contributed by atoms with E-state index in [0.717, 1.165) is 15.4 Å². The number of likely N-dealkylation sites (N-methyl/N-ethyl adjacent to an activating group) is 1. The molecule has 39 heavy (non-hydrogen) atoms. The van der Waals surface area contributed by atoms with Crippen LogP contribution in [0.2, 0.25) is 0 Å². The van der Waals surface area contributed by atoms with Gasteiger partial charge in [-0.05, 0) is 67.3 Å². The van der Waals surface area contributed by atoms with E-state index in [-0.39, 0.29) is 23.3 Å². The quantitative estimate of drug-likeness (QED) is 0.356. The monoisotopic (exact) mass is 551 g/mol. The Kier molecular flexibility index (Phi) is 10.1. The average molecular weight is 552 g/mol. The van der Waals surface area contributed by atoms with Crippen molar-refractivity contribution in [1.29, 1.82) is 0 Å². The van der Waals surface area contributed by atoms with Gasteiger partial charge in [0.15, 0.2) is 0 Å². The van der Waals surface area contributed by atoms with Gasteiger partial charge in [0, 0.05) is 13.1 Å². The Hall–Kier alpha value is -3.85. The number of nitrogens with one attached hydrogen (secondary N) is 1. The van der Waals surface area contributed by atoms with Crippen LogP contribution in [0.1, 0.15) is 44.7 Å². The lowest BCUT2D eigenvalue weighted by Gasteiger charge is -2.32. The number of hydrogen-bond donors (Lipinski definition) is 1. The van der Waals surface area contributed by atoms with Gasteiger partial charge in [0.1, 0.15) is 18.3 Å².